The number of carbonyl (C=O) groups excluding carboxylic acids is 1. The van der Waals surface area contributed by atoms with Crippen LogP contribution in [0, 0.1) is 17.5 Å². The Morgan fingerprint density at radius 1 is 1.18 bits per heavy atom. The molecule has 3 N–H and O–H groups in total. The Morgan fingerprint density at radius 3 is 2.57 bits per heavy atom. The van der Waals surface area contributed by atoms with Crippen molar-refractivity contribution in [1.29, 1.82) is 0 Å². The molecule has 0 aliphatic carbocycles. The summed E-state index contributed by atoms with van der Waals surface area (Å²) in [5, 5.41) is 11.3. The Bertz CT molecular complexity index is 1160. The maximum Gasteiger partial charge on any atom is 0.240 e. The highest BCUT2D eigenvalue weighted by atomic mass is 32.2. The van der Waals surface area contributed by atoms with E-state index in [-0.39, 0.29) is 16.9 Å². The average Bonchev–Trinajstić information content (AvgIpc) is 3.04. The second kappa shape index (κ2) is 7.44. The van der Waals surface area contributed by atoms with Crippen LogP contribution in [0.2, 0.25) is 0 Å². The molecule has 0 unspecified atom stereocenters. The van der Waals surface area contributed by atoms with E-state index in [1.807, 2.05) is 0 Å². The van der Waals surface area contributed by atoms with Crippen LogP contribution in [0.3, 0.4) is 0 Å². The van der Waals surface area contributed by atoms with Gasteiger partial charge in [-0.3, -0.25) is 4.79 Å². The molecule has 0 spiro atoms. The zero-order valence-electron chi connectivity index (χ0n) is 14.1. The summed E-state index contributed by atoms with van der Waals surface area (Å²) in [5.74, 6) is -3.62. The molecule has 7 nitrogen and oxygen atoms in total. The number of sulfonamides is 1. The number of aromatic nitrogens is 2. The van der Waals surface area contributed by atoms with Gasteiger partial charge in [0.15, 0.2) is 17.5 Å². The van der Waals surface area contributed by atoms with Crippen molar-refractivity contribution in [3.05, 3.63) is 71.8 Å². The molecule has 0 fully saturated rings. The Labute approximate surface area is 157 Å². The minimum atomic E-state index is -4.25. The van der Waals surface area contributed by atoms with Gasteiger partial charge in [0.2, 0.25) is 15.9 Å². The molecule has 146 valence electrons. The van der Waals surface area contributed by atoms with Gasteiger partial charge in [-0.1, -0.05) is 12.1 Å². The number of hydrogen-bond acceptors (Lipinski definition) is 4. The summed E-state index contributed by atoms with van der Waals surface area (Å²) in [4.78, 5) is 11.7. The molecule has 1 aromatic heterocycles. The van der Waals surface area contributed by atoms with Crippen LogP contribution in [0.15, 0.2) is 53.7 Å². The first-order valence-electron chi connectivity index (χ1n) is 7.75. The first kappa shape index (κ1) is 19.6. The molecule has 2 aromatic carbocycles. The minimum absolute atomic E-state index is 0.0272. The number of anilines is 1. The first-order valence-corrected chi connectivity index (χ1v) is 9.30. The molecule has 0 atom stereocenters. The van der Waals surface area contributed by atoms with E-state index < -0.39 is 44.7 Å². The number of rotatable bonds is 5. The predicted octanol–water partition coefficient (Wildman–Crippen LogP) is 2.12. The number of hydrogen-bond donors (Lipinski definition) is 2. The number of primary sulfonamides is 1. The molecule has 1 amide bonds. The van der Waals surface area contributed by atoms with Crippen molar-refractivity contribution in [2.24, 2.45) is 5.14 Å². The summed E-state index contributed by atoms with van der Waals surface area (Å²) in [6, 6.07) is 7.10. The van der Waals surface area contributed by atoms with Crippen molar-refractivity contribution in [1.82, 2.24) is 9.78 Å². The Balaban J connectivity index is 1.89. The molecular weight excluding hydrogens is 397 g/mol. The van der Waals surface area contributed by atoms with Crippen LogP contribution in [-0.2, 0) is 21.2 Å². The Morgan fingerprint density at radius 2 is 1.93 bits per heavy atom. The van der Waals surface area contributed by atoms with Crippen LogP contribution in [0.4, 0.5) is 18.9 Å². The lowest BCUT2D eigenvalue weighted by atomic mass is 10.1. The van der Waals surface area contributed by atoms with Crippen molar-refractivity contribution < 1.29 is 26.4 Å². The van der Waals surface area contributed by atoms with Crippen LogP contribution in [-0.4, -0.2) is 24.1 Å². The molecule has 1 heterocycles. The monoisotopic (exact) mass is 410 g/mol. The number of carbonyl (C=O) groups is 1. The van der Waals surface area contributed by atoms with E-state index in [1.165, 1.54) is 24.3 Å². The van der Waals surface area contributed by atoms with Gasteiger partial charge in [-0.05, 0) is 24.3 Å². The SMILES string of the molecule is NS(=O)(=O)c1cc(NC(=O)Cc2cccc(F)c2F)ccc1-n1cc(F)cn1. The first-order chi connectivity index (χ1) is 13.1. The standard InChI is InChI=1S/C17H13F3N4O3S/c18-11-8-22-24(9-11)14-5-4-12(7-15(14)28(21,26)27)23-16(25)6-10-2-1-3-13(19)17(10)20/h1-5,7-9H,6H2,(H,23,25)(H2,21,26,27). The highest BCUT2D eigenvalue weighted by Crippen LogP contribution is 2.23. The lowest BCUT2D eigenvalue weighted by Crippen LogP contribution is -2.18. The summed E-state index contributed by atoms with van der Waals surface area (Å²) in [6.07, 6.45) is 1.37. The van der Waals surface area contributed by atoms with E-state index in [9.17, 15) is 26.4 Å². The molecule has 0 saturated carbocycles. The normalized spacial score (nSPS) is 11.4. The third-order valence-electron chi connectivity index (χ3n) is 3.73. The number of nitrogens with one attached hydrogen (secondary N) is 1. The largest absolute Gasteiger partial charge is 0.326 e. The summed E-state index contributed by atoms with van der Waals surface area (Å²) >= 11 is 0. The van der Waals surface area contributed by atoms with Crippen LogP contribution >= 0.6 is 0 Å². The van der Waals surface area contributed by atoms with Gasteiger partial charge in [0.25, 0.3) is 0 Å². The van der Waals surface area contributed by atoms with Crippen LogP contribution in [0.25, 0.3) is 5.69 Å². The van der Waals surface area contributed by atoms with Gasteiger partial charge < -0.3 is 5.32 Å². The molecule has 28 heavy (non-hydrogen) atoms. The fraction of sp³-hybridized carbons (Fsp3) is 0.0588. The van der Waals surface area contributed by atoms with Crippen molar-refractivity contribution in [2.75, 3.05) is 5.32 Å². The van der Waals surface area contributed by atoms with E-state index in [4.69, 9.17) is 5.14 Å². The molecular formula is C17H13F3N4O3S. The number of amides is 1. The smallest absolute Gasteiger partial charge is 0.240 e. The third kappa shape index (κ3) is 4.21. The Hall–Kier alpha value is -3.18. The summed E-state index contributed by atoms with van der Waals surface area (Å²) < 4.78 is 64.8. The van der Waals surface area contributed by atoms with Crippen LogP contribution in [0.1, 0.15) is 5.56 Å². The molecule has 11 heteroatoms. The van der Waals surface area contributed by atoms with E-state index in [0.29, 0.717) is 0 Å². The fourth-order valence-corrected chi connectivity index (χ4v) is 3.25. The molecule has 3 rings (SSSR count). The average molecular weight is 410 g/mol. The van der Waals surface area contributed by atoms with Gasteiger partial charge in [0.1, 0.15) is 4.90 Å². The van der Waals surface area contributed by atoms with Crippen molar-refractivity contribution in [3.63, 3.8) is 0 Å². The molecule has 0 aliphatic heterocycles. The van der Waals surface area contributed by atoms with Gasteiger partial charge >= 0.3 is 0 Å². The number of nitrogens with two attached hydrogens (primary N) is 1. The van der Waals surface area contributed by atoms with E-state index in [2.05, 4.69) is 10.4 Å². The fourth-order valence-electron chi connectivity index (χ4n) is 2.50. The van der Waals surface area contributed by atoms with Crippen LogP contribution < -0.4 is 10.5 Å². The summed E-state index contributed by atoms with van der Waals surface area (Å²) in [7, 11) is -4.25. The highest BCUT2D eigenvalue weighted by molar-refractivity contribution is 7.89. The summed E-state index contributed by atoms with van der Waals surface area (Å²) in [5.41, 5.74) is -0.143. The molecule has 3 aromatic rings. The van der Waals surface area contributed by atoms with E-state index >= 15 is 0 Å². The molecule has 0 bridgehead atoms. The van der Waals surface area contributed by atoms with Gasteiger partial charge in [-0.15, -0.1) is 0 Å². The molecule has 0 saturated heterocycles. The Kier molecular flexibility index (Phi) is 5.21. The third-order valence-corrected chi connectivity index (χ3v) is 4.67. The van der Waals surface area contributed by atoms with Crippen molar-refractivity contribution in [3.8, 4) is 5.69 Å². The second-order valence-corrected chi connectivity index (χ2v) is 7.30. The van der Waals surface area contributed by atoms with Crippen molar-refractivity contribution in [2.45, 2.75) is 11.3 Å². The summed E-state index contributed by atoms with van der Waals surface area (Å²) in [6.45, 7) is 0. The van der Waals surface area contributed by atoms with Crippen molar-refractivity contribution >= 4 is 21.6 Å². The topological polar surface area (TPSA) is 107 Å². The van der Waals surface area contributed by atoms with E-state index in [0.717, 1.165) is 29.2 Å². The predicted molar refractivity (Wildman–Crippen MR) is 93.6 cm³/mol. The van der Waals surface area contributed by atoms with Gasteiger partial charge in [0, 0.05) is 11.3 Å². The lowest BCUT2D eigenvalue weighted by Gasteiger charge is -2.11. The number of halogens is 3. The zero-order valence-corrected chi connectivity index (χ0v) is 14.9. The van der Waals surface area contributed by atoms with Gasteiger partial charge in [0.05, 0.1) is 24.5 Å². The lowest BCUT2D eigenvalue weighted by molar-refractivity contribution is -0.115. The maximum atomic E-state index is 13.7. The second-order valence-electron chi connectivity index (χ2n) is 5.77. The molecule has 0 aliphatic rings. The van der Waals surface area contributed by atoms with Gasteiger partial charge in [-0.25, -0.2) is 31.4 Å². The molecule has 0 radical (unpaired) electrons. The van der Waals surface area contributed by atoms with Crippen LogP contribution in [0.5, 0.6) is 0 Å². The van der Waals surface area contributed by atoms with Gasteiger partial charge in [-0.2, -0.15) is 5.10 Å². The zero-order chi connectivity index (χ0) is 20.5. The van der Waals surface area contributed by atoms with E-state index in [1.54, 1.807) is 0 Å². The number of benzene rings is 2. The maximum absolute atomic E-state index is 13.7. The number of nitrogens with zero attached hydrogens (tertiary/aromatic N) is 2. The highest BCUT2D eigenvalue weighted by Gasteiger charge is 2.19. The minimum Gasteiger partial charge on any atom is -0.326 e. The quantitative estimate of drug-likeness (QED) is 0.672.